The molecule has 2 aromatic heterocycles. The number of nitrogens with one attached hydrogen (secondary N) is 1. The van der Waals surface area contributed by atoms with Crippen molar-refractivity contribution >= 4 is 11.0 Å². The minimum atomic E-state index is 0.323. The van der Waals surface area contributed by atoms with E-state index in [2.05, 4.69) is 47.9 Å². The van der Waals surface area contributed by atoms with Gasteiger partial charge in [0.15, 0.2) is 5.76 Å². The third kappa shape index (κ3) is 4.11. The van der Waals surface area contributed by atoms with Crippen molar-refractivity contribution in [2.24, 2.45) is 0 Å². The fourth-order valence-electron chi connectivity index (χ4n) is 3.92. The van der Waals surface area contributed by atoms with Crippen LogP contribution in [0.3, 0.4) is 0 Å². The Bertz CT molecular complexity index is 1040. The monoisotopic (exact) mass is 387 g/mol. The maximum absolute atomic E-state index is 6.11. The molecular formula is C24H25N3O2. The molecule has 0 aliphatic carbocycles. The van der Waals surface area contributed by atoms with E-state index in [0.717, 1.165) is 67.1 Å². The minimum Gasteiger partial charge on any atom is -0.454 e. The summed E-state index contributed by atoms with van der Waals surface area (Å²) in [5.74, 6) is 0.812. The highest BCUT2D eigenvalue weighted by molar-refractivity contribution is 5.82. The maximum atomic E-state index is 6.11. The normalized spacial score (nSPS) is 16.6. The van der Waals surface area contributed by atoms with E-state index in [1.165, 1.54) is 5.56 Å². The van der Waals surface area contributed by atoms with Crippen molar-refractivity contribution in [3.8, 4) is 11.5 Å². The molecule has 29 heavy (non-hydrogen) atoms. The summed E-state index contributed by atoms with van der Waals surface area (Å²) in [4.78, 5) is 0. The molecule has 1 saturated heterocycles. The first-order valence-electron chi connectivity index (χ1n) is 10.3. The zero-order valence-corrected chi connectivity index (χ0v) is 16.4. The molecule has 4 aromatic rings. The summed E-state index contributed by atoms with van der Waals surface area (Å²) < 4.78 is 13.8. The van der Waals surface area contributed by atoms with E-state index in [4.69, 9.17) is 14.3 Å². The second-order valence-electron chi connectivity index (χ2n) is 7.60. The van der Waals surface area contributed by atoms with Crippen molar-refractivity contribution in [2.45, 2.75) is 32.0 Å². The van der Waals surface area contributed by atoms with Gasteiger partial charge in [-0.3, -0.25) is 4.68 Å². The Morgan fingerprint density at radius 3 is 2.76 bits per heavy atom. The molecular weight excluding hydrogens is 362 g/mol. The van der Waals surface area contributed by atoms with Gasteiger partial charge in [0.05, 0.1) is 12.6 Å². The molecule has 1 aliphatic heterocycles. The van der Waals surface area contributed by atoms with Crippen molar-refractivity contribution in [2.75, 3.05) is 13.2 Å². The highest BCUT2D eigenvalue weighted by atomic mass is 16.5. The molecule has 0 saturated carbocycles. The molecule has 2 aromatic carbocycles. The zero-order chi connectivity index (χ0) is 19.5. The van der Waals surface area contributed by atoms with Crippen LogP contribution in [0.1, 0.15) is 24.0 Å². The van der Waals surface area contributed by atoms with Crippen LogP contribution < -0.4 is 5.32 Å². The van der Waals surface area contributed by atoms with Gasteiger partial charge in [0.1, 0.15) is 11.3 Å². The van der Waals surface area contributed by atoms with Crippen LogP contribution in [0, 0.1) is 0 Å². The summed E-state index contributed by atoms with van der Waals surface area (Å²) in [5, 5.41) is 9.51. The molecule has 1 unspecified atom stereocenters. The number of para-hydroxylation sites is 1. The number of hydrogen-bond acceptors (Lipinski definition) is 4. The van der Waals surface area contributed by atoms with Gasteiger partial charge in [-0.1, -0.05) is 48.5 Å². The predicted molar refractivity (Wildman–Crippen MR) is 114 cm³/mol. The summed E-state index contributed by atoms with van der Waals surface area (Å²) >= 11 is 0. The molecule has 1 atom stereocenters. The summed E-state index contributed by atoms with van der Waals surface area (Å²) in [5.41, 5.74) is 4.15. The maximum Gasteiger partial charge on any atom is 0.156 e. The number of benzene rings is 2. The van der Waals surface area contributed by atoms with Crippen LogP contribution in [0.4, 0.5) is 0 Å². The van der Waals surface area contributed by atoms with Gasteiger partial charge >= 0.3 is 0 Å². The minimum absolute atomic E-state index is 0.323. The number of fused-ring (bicyclic) bond motifs is 1. The van der Waals surface area contributed by atoms with Crippen LogP contribution in [0.15, 0.2) is 71.3 Å². The lowest BCUT2D eigenvalue weighted by Gasteiger charge is -2.10. The van der Waals surface area contributed by atoms with E-state index in [1.807, 2.05) is 28.9 Å². The fraction of sp³-hybridized carbons (Fsp3) is 0.292. The first-order chi connectivity index (χ1) is 14.3. The van der Waals surface area contributed by atoms with Crippen molar-refractivity contribution < 1.29 is 9.15 Å². The average Bonchev–Trinajstić information content (AvgIpc) is 3.48. The summed E-state index contributed by atoms with van der Waals surface area (Å²) in [6.07, 6.45) is 4.74. The van der Waals surface area contributed by atoms with Gasteiger partial charge in [-0.15, -0.1) is 0 Å². The van der Waals surface area contributed by atoms with Crippen LogP contribution >= 0.6 is 0 Å². The molecule has 1 N–H and O–H groups in total. The number of nitrogens with zero attached hydrogens (tertiary/aromatic N) is 2. The van der Waals surface area contributed by atoms with E-state index >= 15 is 0 Å². The Morgan fingerprint density at radius 2 is 1.93 bits per heavy atom. The Kier molecular flexibility index (Phi) is 5.15. The van der Waals surface area contributed by atoms with Gasteiger partial charge in [-0.05, 0) is 30.5 Å². The van der Waals surface area contributed by atoms with Crippen molar-refractivity contribution in [1.29, 1.82) is 0 Å². The second-order valence-corrected chi connectivity index (χ2v) is 7.60. The summed E-state index contributed by atoms with van der Waals surface area (Å²) in [6, 6.07) is 20.6. The van der Waals surface area contributed by atoms with Gasteiger partial charge in [0.25, 0.3) is 0 Å². The molecule has 0 bridgehead atoms. The topological polar surface area (TPSA) is 52.2 Å². The molecule has 0 amide bonds. The lowest BCUT2D eigenvalue weighted by atomic mass is 10.2. The fourth-order valence-corrected chi connectivity index (χ4v) is 3.92. The molecule has 0 spiro atoms. The van der Waals surface area contributed by atoms with Crippen LogP contribution in [-0.2, 0) is 17.8 Å². The van der Waals surface area contributed by atoms with Gasteiger partial charge in [-0.25, -0.2) is 0 Å². The highest BCUT2D eigenvalue weighted by Crippen LogP contribution is 2.29. The van der Waals surface area contributed by atoms with Crippen molar-refractivity contribution in [3.63, 3.8) is 0 Å². The van der Waals surface area contributed by atoms with E-state index in [-0.39, 0.29) is 0 Å². The number of ether oxygens (including phenoxy) is 1. The Morgan fingerprint density at radius 1 is 1.07 bits per heavy atom. The van der Waals surface area contributed by atoms with Gasteiger partial charge < -0.3 is 14.5 Å². The number of rotatable bonds is 7. The lowest BCUT2D eigenvalue weighted by molar-refractivity contribution is 0.110. The third-order valence-corrected chi connectivity index (χ3v) is 5.40. The molecule has 0 radical (unpaired) electrons. The Balaban J connectivity index is 1.41. The van der Waals surface area contributed by atoms with Gasteiger partial charge in [0, 0.05) is 36.8 Å². The number of aromatic nitrogens is 2. The smallest absolute Gasteiger partial charge is 0.156 e. The molecule has 5 heteroatoms. The highest BCUT2D eigenvalue weighted by Gasteiger charge is 2.18. The molecule has 5 nitrogen and oxygen atoms in total. The quantitative estimate of drug-likeness (QED) is 0.503. The molecule has 3 heterocycles. The van der Waals surface area contributed by atoms with Crippen LogP contribution in [-0.4, -0.2) is 29.0 Å². The van der Waals surface area contributed by atoms with E-state index in [1.54, 1.807) is 0 Å². The second kappa shape index (κ2) is 8.23. The van der Waals surface area contributed by atoms with E-state index in [0.29, 0.717) is 6.10 Å². The van der Waals surface area contributed by atoms with Crippen molar-refractivity contribution in [1.82, 2.24) is 15.1 Å². The Hall–Kier alpha value is -2.89. The third-order valence-electron chi connectivity index (χ3n) is 5.40. The van der Waals surface area contributed by atoms with Crippen LogP contribution in [0.25, 0.3) is 22.4 Å². The predicted octanol–water partition coefficient (Wildman–Crippen LogP) is 4.61. The van der Waals surface area contributed by atoms with E-state index < -0.39 is 0 Å². The first kappa shape index (κ1) is 18.2. The van der Waals surface area contributed by atoms with Crippen molar-refractivity contribution in [3.05, 3.63) is 78.0 Å². The van der Waals surface area contributed by atoms with Gasteiger partial charge in [0.2, 0.25) is 0 Å². The molecule has 1 aliphatic rings. The lowest BCUT2D eigenvalue weighted by Crippen LogP contribution is -2.25. The van der Waals surface area contributed by atoms with Crippen LogP contribution in [0.2, 0.25) is 0 Å². The largest absolute Gasteiger partial charge is 0.454 e. The number of hydrogen-bond donors (Lipinski definition) is 1. The van der Waals surface area contributed by atoms with Crippen LogP contribution in [0.5, 0.6) is 0 Å². The zero-order valence-electron chi connectivity index (χ0n) is 16.4. The Labute approximate surface area is 170 Å². The van der Waals surface area contributed by atoms with Gasteiger partial charge in [-0.2, -0.15) is 5.10 Å². The molecule has 5 rings (SSSR count). The first-order valence-corrected chi connectivity index (χ1v) is 10.3. The average molecular weight is 387 g/mol. The SMILES string of the molecule is c1ccc(Cn2cc(CNCC3CCCO3)c(-c3cc4ccccc4o3)n2)cc1. The number of furan rings is 1. The van der Waals surface area contributed by atoms with E-state index in [9.17, 15) is 0 Å². The molecule has 1 fully saturated rings. The standard InChI is InChI=1S/C24H25N3O2/c1-2-7-18(8-3-1)16-27-17-20(14-25-15-21-10-6-12-28-21)24(26-27)23-13-19-9-4-5-11-22(19)29-23/h1-5,7-9,11,13,17,21,25H,6,10,12,14-16H2. The summed E-state index contributed by atoms with van der Waals surface area (Å²) in [6.45, 7) is 3.22. The molecule has 148 valence electrons. The summed E-state index contributed by atoms with van der Waals surface area (Å²) in [7, 11) is 0.